The van der Waals surface area contributed by atoms with Gasteiger partial charge in [0.05, 0.1) is 12.4 Å². The summed E-state index contributed by atoms with van der Waals surface area (Å²) in [5.74, 6) is 0.529. The van der Waals surface area contributed by atoms with Gasteiger partial charge in [0.2, 0.25) is 5.91 Å². The lowest BCUT2D eigenvalue weighted by Crippen LogP contribution is -2.32. The Morgan fingerprint density at radius 2 is 1.83 bits per heavy atom. The van der Waals surface area contributed by atoms with Crippen LogP contribution in [0, 0.1) is 5.82 Å². The predicted octanol–water partition coefficient (Wildman–Crippen LogP) is 3.67. The summed E-state index contributed by atoms with van der Waals surface area (Å²) in [7, 11) is 1.63. The van der Waals surface area contributed by atoms with Crippen molar-refractivity contribution in [3.63, 3.8) is 0 Å². The second-order valence-electron chi connectivity index (χ2n) is 5.10. The van der Waals surface area contributed by atoms with Crippen molar-refractivity contribution in [3.8, 4) is 5.75 Å². The SMILES string of the molecule is COc1ccc(CCNC(=O)[C@@H](C)Sc2ccc(F)cc2)cc1. The Balaban J connectivity index is 1.75. The maximum atomic E-state index is 12.9. The van der Waals surface area contributed by atoms with Crippen molar-refractivity contribution >= 4 is 17.7 Å². The highest BCUT2D eigenvalue weighted by Gasteiger charge is 2.13. The Labute approximate surface area is 140 Å². The number of hydrogen-bond donors (Lipinski definition) is 1. The van der Waals surface area contributed by atoms with Crippen LogP contribution in [0.2, 0.25) is 0 Å². The van der Waals surface area contributed by atoms with Gasteiger partial charge < -0.3 is 10.1 Å². The van der Waals surface area contributed by atoms with Gasteiger partial charge in [0.1, 0.15) is 11.6 Å². The van der Waals surface area contributed by atoms with Crippen LogP contribution in [0.25, 0.3) is 0 Å². The van der Waals surface area contributed by atoms with E-state index in [4.69, 9.17) is 4.74 Å². The highest BCUT2D eigenvalue weighted by atomic mass is 32.2. The molecular formula is C18H20FNO2S. The van der Waals surface area contributed by atoms with E-state index in [1.807, 2.05) is 31.2 Å². The Kier molecular flexibility index (Phi) is 6.47. The second kappa shape index (κ2) is 8.58. The van der Waals surface area contributed by atoms with Gasteiger partial charge in [-0.25, -0.2) is 4.39 Å². The van der Waals surface area contributed by atoms with Crippen LogP contribution in [0.5, 0.6) is 5.75 Å². The molecule has 122 valence electrons. The van der Waals surface area contributed by atoms with E-state index in [0.717, 1.165) is 22.6 Å². The standard InChI is InChI=1S/C18H20FNO2S/c1-13(23-17-9-5-15(19)6-10-17)18(21)20-12-11-14-3-7-16(22-2)8-4-14/h3-10,13H,11-12H2,1-2H3,(H,20,21)/t13-/m1/s1. The normalized spacial score (nSPS) is 11.8. The summed E-state index contributed by atoms with van der Waals surface area (Å²) in [6.07, 6.45) is 0.768. The molecule has 0 aliphatic rings. The molecule has 1 amide bonds. The fourth-order valence-corrected chi connectivity index (χ4v) is 2.93. The maximum absolute atomic E-state index is 12.9. The number of amides is 1. The highest BCUT2D eigenvalue weighted by molar-refractivity contribution is 8.00. The van der Waals surface area contributed by atoms with Gasteiger partial charge in [-0.3, -0.25) is 4.79 Å². The summed E-state index contributed by atoms with van der Waals surface area (Å²) in [5, 5.41) is 2.70. The number of hydrogen-bond acceptors (Lipinski definition) is 3. The maximum Gasteiger partial charge on any atom is 0.233 e. The van der Waals surface area contributed by atoms with Gasteiger partial charge in [-0.1, -0.05) is 12.1 Å². The minimum atomic E-state index is -0.272. The van der Waals surface area contributed by atoms with Crippen molar-refractivity contribution in [3.05, 3.63) is 59.9 Å². The van der Waals surface area contributed by atoms with E-state index in [9.17, 15) is 9.18 Å². The zero-order valence-corrected chi connectivity index (χ0v) is 14.0. The van der Waals surface area contributed by atoms with E-state index in [2.05, 4.69) is 5.32 Å². The number of halogens is 1. The zero-order valence-electron chi connectivity index (χ0n) is 13.2. The number of carbonyl (C=O) groups is 1. The number of methoxy groups -OCH3 is 1. The Morgan fingerprint density at radius 1 is 1.17 bits per heavy atom. The van der Waals surface area contributed by atoms with E-state index in [-0.39, 0.29) is 17.0 Å². The molecule has 0 fully saturated rings. The number of thioether (sulfide) groups is 1. The lowest BCUT2D eigenvalue weighted by molar-refractivity contribution is -0.120. The molecule has 3 nitrogen and oxygen atoms in total. The third-order valence-corrected chi connectivity index (χ3v) is 4.48. The monoisotopic (exact) mass is 333 g/mol. The van der Waals surface area contributed by atoms with Crippen LogP contribution in [0.1, 0.15) is 12.5 Å². The fraction of sp³-hybridized carbons (Fsp3) is 0.278. The second-order valence-corrected chi connectivity index (χ2v) is 6.52. The summed E-state index contributed by atoms with van der Waals surface area (Å²) in [4.78, 5) is 13.0. The first kappa shape index (κ1) is 17.3. The first-order valence-electron chi connectivity index (χ1n) is 7.41. The van der Waals surface area contributed by atoms with Crippen LogP contribution in [-0.4, -0.2) is 24.8 Å². The summed E-state index contributed by atoms with van der Waals surface area (Å²) in [6, 6.07) is 14.0. The number of ether oxygens (including phenoxy) is 1. The number of benzene rings is 2. The van der Waals surface area contributed by atoms with E-state index in [0.29, 0.717) is 6.54 Å². The predicted molar refractivity (Wildman–Crippen MR) is 91.4 cm³/mol. The van der Waals surface area contributed by atoms with Crippen LogP contribution in [-0.2, 0) is 11.2 Å². The third kappa shape index (κ3) is 5.60. The van der Waals surface area contributed by atoms with E-state index in [1.54, 1.807) is 19.2 Å². The molecule has 0 aromatic heterocycles. The molecule has 0 saturated carbocycles. The number of rotatable bonds is 7. The van der Waals surface area contributed by atoms with Gasteiger partial charge in [0.25, 0.3) is 0 Å². The molecule has 1 atom stereocenters. The van der Waals surface area contributed by atoms with Crippen molar-refractivity contribution in [2.75, 3.05) is 13.7 Å². The fourth-order valence-electron chi connectivity index (χ4n) is 2.04. The minimum absolute atomic E-state index is 0.0205. The average molecular weight is 333 g/mol. The molecule has 0 saturated heterocycles. The number of nitrogens with one attached hydrogen (secondary N) is 1. The van der Waals surface area contributed by atoms with Gasteiger partial charge in [-0.2, -0.15) is 0 Å². The smallest absolute Gasteiger partial charge is 0.233 e. The summed E-state index contributed by atoms with van der Waals surface area (Å²) >= 11 is 1.42. The molecule has 0 spiro atoms. The molecule has 2 aromatic carbocycles. The Morgan fingerprint density at radius 3 is 2.43 bits per heavy atom. The van der Waals surface area contributed by atoms with Crippen molar-refractivity contribution in [1.29, 1.82) is 0 Å². The van der Waals surface area contributed by atoms with Crippen molar-refractivity contribution in [2.24, 2.45) is 0 Å². The number of carbonyl (C=O) groups excluding carboxylic acids is 1. The molecule has 5 heteroatoms. The molecule has 2 aromatic rings. The van der Waals surface area contributed by atoms with Crippen LogP contribution in [0.3, 0.4) is 0 Å². The molecule has 0 radical (unpaired) electrons. The van der Waals surface area contributed by atoms with E-state index < -0.39 is 0 Å². The molecule has 0 aliphatic carbocycles. The summed E-state index contributed by atoms with van der Waals surface area (Å²) < 4.78 is 18.0. The molecule has 0 unspecified atom stereocenters. The van der Waals surface area contributed by atoms with E-state index >= 15 is 0 Å². The highest BCUT2D eigenvalue weighted by Crippen LogP contribution is 2.23. The topological polar surface area (TPSA) is 38.3 Å². The van der Waals surface area contributed by atoms with Gasteiger partial charge in [0, 0.05) is 11.4 Å². The largest absolute Gasteiger partial charge is 0.497 e. The van der Waals surface area contributed by atoms with Crippen molar-refractivity contribution in [2.45, 2.75) is 23.5 Å². The van der Waals surface area contributed by atoms with Crippen molar-refractivity contribution < 1.29 is 13.9 Å². The van der Waals surface area contributed by atoms with Crippen LogP contribution < -0.4 is 10.1 Å². The van der Waals surface area contributed by atoms with Crippen molar-refractivity contribution in [1.82, 2.24) is 5.32 Å². The first-order valence-corrected chi connectivity index (χ1v) is 8.29. The average Bonchev–Trinajstić information content (AvgIpc) is 2.57. The molecule has 0 aliphatic heterocycles. The van der Waals surface area contributed by atoms with Gasteiger partial charge in [-0.05, 0) is 55.3 Å². The first-order chi connectivity index (χ1) is 11.1. The molecule has 23 heavy (non-hydrogen) atoms. The summed E-state index contributed by atoms with van der Waals surface area (Å²) in [6.45, 7) is 2.43. The molecule has 0 heterocycles. The van der Waals surface area contributed by atoms with Crippen LogP contribution >= 0.6 is 11.8 Å². The molecule has 2 rings (SSSR count). The Hall–Kier alpha value is -2.01. The minimum Gasteiger partial charge on any atom is -0.497 e. The lowest BCUT2D eigenvalue weighted by atomic mass is 10.1. The van der Waals surface area contributed by atoms with Gasteiger partial charge in [0.15, 0.2) is 0 Å². The van der Waals surface area contributed by atoms with E-state index in [1.165, 1.54) is 23.9 Å². The summed E-state index contributed by atoms with van der Waals surface area (Å²) in [5.41, 5.74) is 1.14. The van der Waals surface area contributed by atoms with Crippen LogP contribution in [0.4, 0.5) is 4.39 Å². The quantitative estimate of drug-likeness (QED) is 0.786. The third-order valence-electron chi connectivity index (χ3n) is 3.37. The lowest BCUT2D eigenvalue weighted by Gasteiger charge is -2.12. The van der Waals surface area contributed by atoms with Crippen LogP contribution in [0.15, 0.2) is 53.4 Å². The molecule has 0 bridgehead atoms. The van der Waals surface area contributed by atoms with Gasteiger partial charge >= 0.3 is 0 Å². The Bertz CT molecular complexity index is 628. The molecular weight excluding hydrogens is 313 g/mol. The van der Waals surface area contributed by atoms with Gasteiger partial charge in [-0.15, -0.1) is 11.8 Å². The molecule has 1 N–H and O–H groups in total. The zero-order chi connectivity index (χ0) is 16.7.